The molecule has 1 amide bonds. The third-order valence-electron chi connectivity index (χ3n) is 5.13. The Hall–Kier alpha value is -3.68. The van der Waals surface area contributed by atoms with E-state index in [4.69, 9.17) is 0 Å². The Morgan fingerprint density at radius 2 is 1.43 bits per heavy atom. The van der Waals surface area contributed by atoms with E-state index in [0.717, 1.165) is 12.1 Å². The fraction of sp³-hybridized carbons (Fsp3) is 0.174. The molecule has 3 aromatic rings. The molecule has 0 heterocycles. The Morgan fingerprint density at radius 3 is 2.00 bits per heavy atom. The number of hydrogen-bond acceptors (Lipinski definition) is 3. The highest BCUT2D eigenvalue weighted by atomic mass is 32.2. The predicted molar refractivity (Wildman–Crippen MR) is 117 cm³/mol. The van der Waals surface area contributed by atoms with Crippen LogP contribution in [0.25, 0.3) is 0 Å². The van der Waals surface area contributed by atoms with Crippen LogP contribution in [0.2, 0.25) is 0 Å². The van der Waals surface area contributed by atoms with Crippen molar-refractivity contribution in [1.82, 2.24) is 0 Å². The smallest absolute Gasteiger partial charge is 0.319 e. The number of benzene rings is 3. The molecule has 37 heavy (non-hydrogen) atoms. The molecule has 0 unspecified atom stereocenters. The standard InChI is InChI=1S/C23H16F8N2O3S/c1-11-6-7-12(2)15(8-11)37(35,36)33(14-5-3-4-13(9-14)23(29,30)31)10-16(34)32-22-20(27)18(25)17(24)19(26)21(22)28/h3-9H,10H2,1-2H3,(H,32,34). The molecule has 0 radical (unpaired) electrons. The maximum atomic E-state index is 14.0. The highest BCUT2D eigenvalue weighted by molar-refractivity contribution is 7.93. The first-order valence-corrected chi connectivity index (χ1v) is 11.6. The normalized spacial score (nSPS) is 11.9. The van der Waals surface area contributed by atoms with Gasteiger partial charge < -0.3 is 5.32 Å². The second-order valence-corrected chi connectivity index (χ2v) is 9.65. The molecule has 3 rings (SSSR count). The van der Waals surface area contributed by atoms with Crippen molar-refractivity contribution in [2.75, 3.05) is 16.2 Å². The van der Waals surface area contributed by atoms with Crippen molar-refractivity contribution in [3.05, 3.63) is 88.2 Å². The van der Waals surface area contributed by atoms with Gasteiger partial charge in [0.25, 0.3) is 10.0 Å². The number of anilines is 2. The van der Waals surface area contributed by atoms with E-state index in [9.17, 15) is 48.3 Å². The number of aryl methyl sites for hydroxylation is 2. The summed E-state index contributed by atoms with van der Waals surface area (Å²) in [4.78, 5) is 12.2. The van der Waals surface area contributed by atoms with Crippen LogP contribution in [-0.4, -0.2) is 20.9 Å². The molecule has 0 aromatic heterocycles. The SMILES string of the molecule is Cc1ccc(C)c(S(=O)(=O)N(CC(=O)Nc2c(F)c(F)c(F)c(F)c2F)c2cccc(C(F)(F)F)c2)c1. The molecular formula is C23H16F8N2O3S. The number of hydrogen-bond donors (Lipinski definition) is 1. The number of amides is 1. The van der Waals surface area contributed by atoms with E-state index < -0.39 is 79.6 Å². The molecule has 5 nitrogen and oxygen atoms in total. The predicted octanol–water partition coefficient (Wildman–Crippen LogP) is 5.85. The largest absolute Gasteiger partial charge is 0.416 e. The van der Waals surface area contributed by atoms with Crippen LogP contribution in [0.3, 0.4) is 0 Å². The lowest BCUT2D eigenvalue weighted by atomic mass is 10.2. The molecule has 0 saturated carbocycles. The van der Waals surface area contributed by atoms with Gasteiger partial charge in [0.05, 0.1) is 16.1 Å². The van der Waals surface area contributed by atoms with Crippen LogP contribution in [0.15, 0.2) is 47.4 Å². The van der Waals surface area contributed by atoms with Crippen LogP contribution in [0, 0.1) is 42.9 Å². The van der Waals surface area contributed by atoms with E-state index in [2.05, 4.69) is 0 Å². The number of nitrogens with zero attached hydrogens (tertiary/aromatic N) is 1. The average molecular weight is 552 g/mol. The number of rotatable bonds is 6. The molecule has 0 fully saturated rings. The van der Waals surface area contributed by atoms with E-state index in [1.54, 1.807) is 6.07 Å². The Morgan fingerprint density at radius 1 is 0.865 bits per heavy atom. The van der Waals surface area contributed by atoms with Gasteiger partial charge in [-0.1, -0.05) is 18.2 Å². The molecule has 3 aromatic carbocycles. The van der Waals surface area contributed by atoms with Crippen LogP contribution in [0.5, 0.6) is 0 Å². The van der Waals surface area contributed by atoms with Crippen molar-refractivity contribution in [3.63, 3.8) is 0 Å². The monoisotopic (exact) mass is 552 g/mol. The van der Waals surface area contributed by atoms with Crippen LogP contribution < -0.4 is 9.62 Å². The number of carbonyl (C=O) groups excluding carboxylic acids is 1. The van der Waals surface area contributed by atoms with Crippen LogP contribution >= 0.6 is 0 Å². The van der Waals surface area contributed by atoms with Gasteiger partial charge in [0, 0.05) is 0 Å². The molecule has 0 bridgehead atoms. The summed E-state index contributed by atoms with van der Waals surface area (Å²) in [5.74, 6) is -13.6. The zero-order valence-electron chi connectivity index (χ0n) is 18.9. The van der Waals surface area contributed by atoms with Crippen molar-refractivity contribution in [2.24, 2.45) is 0 Å². The Kier molecular flexibility index (Phi) is 7.54. The van der Waals surface area contributed by atoms with Gasteiger partial charge in [0.15, 0.2) is 23.3 Å². The van der Waals surface area contributed by atoms with Gasteiger partial charge in [-0.05, 0) is 49.2 Å². The van der Waals surface area contributed by atoms with E-state index in [1.165, 1.54) is 31.3 Å². The van der Waals surface area contributed by atoms with Crippen molar-refractivity contribution in [2.45, 2.75) is 24.9 Å². The summed E-state index contributed by atoms with van der Waals surface area (Å²) in [7, 11) is -4.79. The summed E-state index contributed by atoms with van der Waals surface area (Å²) in [5, 5.41) is 1.42. The van der Waals surface area contributed by atoms with Crippen molar-refractivity contribution >= 4 is 27.3 Å². The first kappa shape index (κ1) is 27.9. The fourth-order valence-corrected chi connectivity index (χ4v) is 5.01. The van der Waals surface area contributed by atoms with Crippen LogP contribution in [0.4, 0.5) is 46.5 Å². The number of sulfonamides is 1. The van der Waals surface area contributed by atoms with Crippen LogP contribution in [-0.2, 0) is 21.0 Å². The summed E-state index contributed by atoms with van der Waals surface area (Å²) in [6, 6.07) is 7.01. The highest BCUT2D eigenvalue weighted by Gasteiger charge is 2.34. The van der Waals surface area contributed by atoms with Crippen LogP contribution in [0.1, 0.15) is 16.7 Å². The minimum absolute atomic E-state index is 0.155. The maximum absolute atomic E-state index is 14.0. The molecule has 14 heteroatoms. The number of carbonyl (C=O) groups is 1. The van der Waals surface area contributed by atoms with Gasteiger partial charge >= 0.3 is 6.18 Å². The van der Waals surface area contributed by atoms with Crippen molar-refractivity contribution in [1.29, 1.82) is 0 Å². The summed E-state index contributed by atoms with van der Waals surface area (Å²) >= 11 is 0. The van der Waals surface area contributed by atoms with Gasteiger partial charge in [-0.25, -0.2) is 30.4 Å². The summed E-state index contributed by atoms with van der Waals surface area (Å²) < 4.78 is 135. The molecule has 0 aliphatic carbocycles. The Balaban J connectivity index is 2.12. The number of nitrogens with one attached hydrogen (secondary N) is 1. The molecule has 198 valence electrons. The first-order chi connectivity index (χ1) is 17.1. The number of halogens is 8. The molecule has 0 aliphatic heterocycles. The zero-order chi connectivity index (χ0) is 27.9. The van der Waals surface area contributed by atoms with Gasteiger partial charge in [0.1, 0.15) is 12.2 Å². The summed E-state index contributed by atoms with van der Waals surface area (Å²) in [5.41, 5.74) is -3.08. The Bertz CT molecular complexity index is 1460. The minimum Gasteiger partial charge on any atom is -0.319 e. The first-order valence-electron chi connectivity index (χ1n) is 10.1. The Labute approximate surface area is 205 Å². The maximum Gasteiger partial charge on any atom is 0.416 e. The molecule has 0 spiro atoms. The van der Waals surface area contributed by atoms with Crippen molar-refractivity contribution < 1.29 is 48.3 Å². The second-order valence-electron chi connectivity index (χ2n) is 7.82. The third kappa shape index (κ3) is 5.53. The zero-order valence-corrected chi connectivity index (χ0v) is 19.7. The molecule has 0 aliphatic rings. The van der Waals surface area contributed by atoms with Gasteiger partial charge in [-0.2, -0.15) is 13.2 Å². The fourth-order valence-electron chi connectivity index (χ4n) is 3.28. The summed E-state index contributed by atoms with van der Waals surface area (Å²) in [6.07, 6.45) is -4.90. The third-order valence-corrected chi connectivity index (χ3v) is 7.05. The van der Waals surface area contributed by atoms with Crippen molar-refractivity contribution in [3.8, 4) is 0 Å². The van der Waals surface area contributed by atoms with Gasteiger partial charge in [-0.15, -0.1) is 0 Å². The molecular weight excluding hydrogens is 536 g/mol. The second kappa shape index (κ2) is 10.00. The highest BCUT2D eigenvalue weighted by Crippen LogP contribution is 2.34. The van der Waals surface area contributed by atoms with Gasteiger partial charge in [0.2, 0.25) is 11.7 Å². The van der Waals surface area contributed by atoms with E-state index in [1.807, 2.05) is 0 Å². The molecule has 0 atom stereocenters. The quantitative estimate of drug-likeness (QED) is 0.237. The van der Waals surface area contributed by atoms with Gasteiger partial charge in [-0.3, -0.25) is 9.10 Å². The van der Waals surface area contributed by atoms with E-state index >= 15 is 0 Å². The molecule has 1 N–H and O–H groups in total. The molecule has 0 saturated heterocycles. The lowest BCUT2D eigenvalue weighted by molar-refractivity contribution is -0.137. The topological polar surface area (TPSA) is 66.5 Å². The lowest BCUT2D eigenvalue weighted by Crippen LogP contribution is -2.39. The number of alkyl halides is 3. The summed E-state index contributed by atoms with van der Waals surface area (Å²) in [6.45, 7) is 1.53. The minimum atomic E-state index is -4.90. The van der Waals surface area contributed by atoms with E-state index in [-0.39, 0.29) is 9.87 Å². The van der Waals surface area contributed by atoms with E-state index in [0.29, 0.717) is 17.7 Å². The lowest BCUT2D eigenvalue weighted by Gasteiger charge is -2.26. The average Bonchev–Trinajstić information content (AvgIpc) is 2.83.